The molecule has 0 radical (unpaired) electrons. The molecule has 2 aromatic rings. The van der Waals surface area contributed by atoms with Gasteiger partial charge in [0.05, 0.1) is 0 Å². The molecule has 1 fully saturated rings. The van der Waals surface area contributed by atoms with Crippen molar-refractivity contribution >= 4 is 10.9 Å². The van der Waals surface area contributed by atoms with Crippen LogP contribution in [-0.2, 0) is 0 Å². The van der Waals surface area contributed by atoms with Gasteiger partial charge in [-0.1, -0.05) is 32.0 Å². The van der Waals surface area contributed by atoms with Gasteiger partial charge < -0.3 is 10.7 Å². The topological polar surface area (TPSA) is 41.8 Å². The number of nitrogens with two attached hydrogens (primary N) is 1. The Kier molecular flexibility index (Phi) is 1.58. The maximum absolute atomic E-state index is 6.12. The van der Waals surface area contributed by atoms with Gasteiger partial charge in [0.2, 0.25) is 0 Å². The number of benzene rings is 1. The van der Waals surface area contributed by atoms with Crippen LogP contribution >= 0.6 is 0 Å². The average molecular weight is 200 g/mol. The second kappa shape index (κ2) is 2.64. The fourth-order valence-corrected chi connectivity index (χ4v) is 2.64. The van der Waals surface area contributed by atoms with Crippen LogP contribution in [0.1, 0.15) is 25.3 Å². The van der Waals surface area contributed by atoms with E-state index in [-0.39, 0.29) is 5.41 Å². The zero-order valence-corrected chi connectivity index (χ0v) is 9.12. The summed E-state index contributed by atoms with van der Waals surface area (Å²) >= 11 is 0. The Morgan fingerprint density at radius 3 is 2.67 bits per heavy atom. The van der Waals surface area contributed by atoms with Gasteiger partial charge in [-0.25, -0.2) is 0 Å². The zero-order valence-electron chi connectivity index (χ0n) is 9.12. The number of aromatic amines is 1. The van der Waals surface area contributed by atoms with Gasteiger partial charge in [0.1, 0.15) is 0 Å². The van der Waals surface area contributed by atoms with Crippen LogP contribution in [0.25, 0.3) is 10.9 Å². The molecule has 2 unspecified atom stereocenters. The summed E-state index contributed by atoms with van der Waals surface area (Å²) < 4.78 is 0. The molecule has 1 saturated carbocycles. The molecule has 1 aromatic heterocycles. The van der Waals surface area contributed by atoms with E-state index in [1.165, 1.54) is 16.5 Å². The van der Waals surface area contributed by atoms with E-state index >= 15 is 0 Å². The number of H-pyrrole nitrogens is 1. The summed E-state index contributed by atoms with van der Waals surface area (Å²) in [6, 6.07) is 8.85. The highest BCUT2D eigenvalue weighted by Gasteiger charge is 2.56. The summed E-state index contributed by atoms with van der Waals surface area (Å²) in [5, 5.41) is 1.28. The smallest absolute Gasteiger partial charge is 0.0490 e. The lowest BCUT2D eigenvalue weighted by Gasteiger charge is -2.04. The Morgan fingerprint density at radius 1 is 1.27 bits per heavy atom. The average Bonchev–Trinajstić information content (AvgIpc) is 2.63. The molecule has 0 amide bonds. The van der Waals surface area contributed by atoms with E-state index in [0.29, 0.717) is 12.0 Å². The summed E-state index contributed by atoms with van der Waals surface area (Å²) in [5.74, 6) is 0.500. The molecule has 78 valence electrons. The molecule has 2 heteroatoms. The lowest BCUT2D eigenvalue weighted by Crippen LogP contribution is -2.06. The minimum atomic E-state index is 0.249. The van der Waals surface area contributed by atoms with Gasteiger partial charge in [0.25, 0.3) is 0 Å². The van der Waals surface area contributed by atoms with Crippen molar-refractivity contribution < 1.29 is 0 Å². The first-order chi connectivity index (χ1) is 7.12. The molecule has 3 N–H and O–H groups in total. The highest BCUT2D eigenvalue weighted by Crippen LogP contribution is 2.58. The highest BCUT2D eigenvalue weighted by atomic mass is 14.8. The molecular weight excluding hydrogens is 184 g/mol. The summed E-state index contributed by atoms with van der Waals surface area (Å²) in [7, 11) is 0. The number of para-hydroxylation sites is 1. The number of nitrogens with one attached hydrogen (secondary N) is 1. The van der Waals surface area contributed by atoms with E-state index in [4.69, 9.17) is 5.73 Å². The van der Waals surface area contributed by atoms with Crippen LogP contribution in [0.4, 0.5) is 0 Å². The normalized spacial score (nSPS) is 28.2. The SMILES string of the molecule is CC1(C)C(N)C1c1cccc2cc[nH]c12. The van der Waals surface area contributed by atoms with Crippen molar-refractivity contribution in [1.29, 1.82) is 0 Å². The van der Waals surface area contributed by atoms with E-state index < -0.39 is 0 Å². The van der Waals surface area contributed by atoms with Crippen molar-refractivity contribution in [2.45, 2.75) is 25.8 Å². The number of aromatic nitrogens is 1. The Bertz CT molecular complexity index is 510. The van der Waals surface area contributed by atoms with Crippen LogP contribution in [-0.4, -0.2) is 11.0 Å². The lowest BCUT2D eigenvalue weighted by molar-refractivity contribution is 0.600. The predicted octanol–water partition coefficient (Wildman–Crippen LogP) is 2.62. The van der Waals surface area contributed by atoms with Gasteiger partial charge >= 0.3 is 0 Å². The standard InChI is InChI=1S/C13H16N2/c1-13(2)10(12(13)14)9-5-3-4-8-6-7-15-11(8)9/h3-7,10,12,15H,14H2,1-2H3. The van der Waals surface area contributed by atoms with Crippen molar-refractivity contribution in [3.05, 3.63) is 36.0 Å². The van der Waals surface area contributed by atoms with E-state index in [9.17, 15) is 0 Å². The molecule has 1 heterocycles. The van der Waals surface area contributed by atoms with E-state index in [1.807, 2.05) is 6.20 Å². The fourth-order valence-electron chi connectivity index (χ4n) is 2.64. The van der Waals surface area contributed by atoms with Crippen LogP contribution in [0.3, 0.4) is 0 Å². The Labute approximate surface area is 89.5 Å². The second-order valence-corrected chi connectivity index (χ2v) is 5.11. The van der Waals surface area contributed by atoms with E-state index in [1.54, 1.807) is 0 Å². The van der Waals surface area contributed by atoms with Crippen LogP contribution < -0.4 is 5.73 Å². The third-order valence-electron chi connectivity index (χ3n) is 3.87. The van der Waals surface area contributed by atoms with Crippen LogP contribution in [0.2, 0.25) is 0 Å². The van der Waals surface area contributed by atoms with Crippen molar-refractivity contribution in [3.63, 3.8) is 0 Å². The quantitative estimate of drug-likeness (QED) is 0.730. The molecule has 1 aliphatic carbocycles. The van der Waals surface area contributed by atoms with Crippen LogP contribution in [0.15, 0.2) is 30.5 Å². The molecule has 0 aliphatic heterocycles. The largest absolute Gasteiger partial charge is 0.361 e. The first-order valence-corrected chi connectivity index (χ1v) is 5.44. The number of hydrogen-bond acceptors (Lipinski definition) is 1. The molecule has 2 atom stereocenters. The number of rotatable bonds is 1. The van der Waals surface area contributed by atoms with Gasteiger partial charge in [-0.3, -0.25) is 0 Å². The Morgan fingerprint density at radius 2 is 2.00 bits per heavy atom. The number of fused-ring (bicyclic) bond motifs is 1. The summed E-state index contributed by atoms with van der Waals surface area (Å²) in [5.41, 5.74) is 9.00. The maximum atomic E-state index is 6.12. The predicted molar refractivity (Wildman–Crippen MR) is 62.8 cm³/mol. The molecule has 1 aliphatic rings. The summed E-state index contributed by atoms with van der Waals surface area (Å²) in [4.78, 5) is 3.31. The van der Waals surface area contributed by atoms with Crippen LogP contribution in [0, 0.1) is 5.41 Å². The first kappa shape index (κ1) is 8.98. The van der Waals surface area contributed by atoms with Crippen molar-refractivity contribution in [1.82, 2.24) is 4.98 Å². The summed E-state index contributed by atoms with van der Waals surface area (Å²) in [6.45, 7) is 4.48. The first-order valence-electron chi connectivity index (χ1n) is 5.44. The van der Waals surface area contributed by atoms with Gasteiger partial charge in [0, 0.05) is 23.7 Å². The molecule has 2 nitrogen and oxygen atoms in total. The van der Waals surface area contributed by atoms with Crippen molar-refractivity contribution in [3.8, 4) is 0 Å². The molecule has 1 aromatic carbocycles. The third kappa shape index (κ3) is 1.08. The van der Waals surface area contributed by atoms with Gasteiger partial charge in [0.15, 0.2) is 0 Å². The molecule has 15 heavy (non-hydrogen) atoms. The molecule has 0 saturated heterocycles. The molecule has 3 rings (SSSR count). The van der Waals surface area contributed by atoms with Gasteiger partial charge in [-0.15, -0.1) is 0 Å². The Hall–Kier alpha value is -1.28. The van der Waals surface area contributed by atoms with Crippen LogP contribution in [0.5, 0.6) is 0 Å². The summed E-state index contributed by atoms with van der Waals surface area (Å²) in [6.07, 6.45) is 2.00. The van der Waals surface area contributed by atoms with Gasteiger partial charge in [-0.2, -0.15) is 0 Å². The minimum absolute atomic E-state index is 0.249. The number of hydrogen-bond donors (Lipinski definition) is 2. The van der Waals surface area contributed by atoms with E-state index in [0.717, 1.165) is 0 Å². The van der Waals surface area contributed by atoms with Crippen molar-refractivity contribution in [2.24, 2.45) is 11.1 Å². The highest BCUT2D eigenvalue weighted by molar-refractivity contribution is 5.83. The second-order valence-electron chi connectivity index (χ2n) is 5.11. The third-order valence-corrected chi connectivity index (χ3v) is 3.87. The Balaban J connectivity index is 2.17. The minimum Gasteiger partial charge on any atom is -0.361 e. The maximum Gasteiger partial charge on any atom is 0.0490 e. The zero-order chi connectivity index (χ0) is 10.6. The fraction of sp³-hybridized carbons (Fsp3) is 0.385. The molecule has 0 bridgehead atoms. The molecular formula is C13H16N2. The monoisotopic (exact) mass is 200 g/mol. The molecule has 0 spiro atoms. The lowest BCUT2D eigenvalue weighted by atomic mass is 10.0. The van der Waals surface area contributed by atoms with Crippen molar-refractivity contribution in [2.75, 3.05) is 0 Å². The van der Waals surface area contributed by atoms with Gasteiger partial charge in [-0.05, 0) is 22.4 Å². The van der Waals surface area contributed by atoms with E-state index in [2.05, 4.69) is 43.1 Å².